The number of hydrogen-bond acceptors (Lipinski definition) is 6. The fourth-order valence-electron chi connectivity index (χ4n) is 4.90. The van der Waals surface area contributed by atoms with E-state index in [0.717, 1.165) is 18.9 Å². The molecule has 3 rings (SSSR count). The van der Waals surface area contributed by atoms with Crippen LogP contribution in [0.4, 0.5) is 17.2 Å². The molecule has 0 saturated carbocycles. The normalized spacial score (nSPS) is 10.5. The van der Waals surface area contributed by atoms with E-state index in [1.165, 1.54) is 94.7 Å². The molecular weight excluding hydrogens is 584 g/mol. The van der Waals surface area contributed by atoms with Gasteiger partial charge in [-0.3, -0.25) is 4.79 Å². The number of carboxylic acids is 2. The molecule has 244 valence electrons. The maximum absolute atomic E-state index is 13.0. The van der Waals surface area contributed by atoms with E-state index in [1.54, 1.807) is 35.2 Å². The molecule has 3 aromatic rings. The minimum absolute atomic E-state index is 0. The van der Waals surface area contributed by atoms with E-state index in [4.69, 9.17) is 4.74 Å². The topological polar surface area (TPSA) is 129 Å². The summed E-state index contributed by atoms with van der Waals surface area (Å²) in [5.74, 6) is -1.81. The molecule has 2 aromatic carbocycles. The van der Waals surface area contributed by atoms with Gasteiger partial charge in [-0.1, -0.05) is 95.8 Å². The predicted octanol–water partition coefficient (Wildman–Crippen LogP) is 7.55. The van der Waals surface area contributed by atoms with E-state index in [9.17, 15) is 24.6 Å². The van der Waals surface area contributed by atoms with Crippen LogP contribution in [-0.4, -0.2) is 77.4 Å². The summed E-state index contributed by atoms with van der Waals surface area (Å²) >= 11 is 0. The second kappa shape index (κ2) is 23.8. The summed E-state index contributed by atoms with van der Waals surface area (Å²) in [6.45, 7) is 2.83. The van der Waals surface area contributed by atoms with Crippen molar-refractivity contribution >= 4 is 72.8 Å². The Morgan fingerprint density at radius 1 is 0.787 bits per heavy atom. The number of carboxylic acid groups (broad SMARTS) is 2. The average Bonchev–Trinajstić information content (AvgIpc) is 3.03. The Labute approximate surface area is 302 Å². The number of nitrogens with one attached hydrogen (secondary N) is 1. The monoisotopic (exact) mass is 631 g/mol. The van der Waals surface area contributed by atoms with Crippen LogP contribution in [0.15, 0.2) is 79.0 Å². The second-order valence-electron chi connectivity index (χ2n) is 11.0. The first kappa shape index (κ1) is 41.6. The SMILES string of the molecule is CCCCCCCCCCCCCCOc1cccc(N(/C=C/C(=O)O)c2cccc(C(=O)Nc3cccc(C(=O)O)c3)n2)c1.[LiH].[LiH]. The summed E-state index contributed by atoms with van der Waals surface area (Å²) in [5, 5.41) is 21.2. The standard InChI is InChI=1S/C36H45N3O6.2Li.2H/c1-2-3-4-5-6-7-8-9-10-11-12-13-25-45-31-20-15-19-30(27-31)39(24-23-34(40)41)33-22-16-21-32(38-33)35(42)37-29-18-14-17-28(26-29)36(43)44;;;;/h14-24,26-27H,2-13,25H2,1H3,(H,37,42)(H,40,41)(H,43,44);;;;/b24-23+;;;;. The van der Waals surface area contributed by atoms with Crippen molar-refractivity contribution in [2.75, 3.05) is 16.8 Å². The molecule has 0 aliphatic carbocycles. The number of carbonyl (C=O) groups excluding carboxylic acids is 1. The number of ether oxygens (including phenoxy) is 1. The third kappa shape index (κ3) is 15.8. The van der Waals surface area contributed by atoms with E-state index in [0.29, 0.717) is 29.5 Å². The van der Waals surface area contributed by atoms with Crippen molar-refractivity contribution in [2.24, 2.45) is 0 Å². The van der Waals surface area contributed by atoms with Gasteiger partial charge in [0.15, 0.2) is 0 Å². The minimum atomic E-state index is -1.13. The molecule has 0 atom stereocenters. The van der Waals surface area contributed by atoms with Gasteiger partial charge in [-0.2, -0.15) is 0 Å². The number of amides is 1. The maximum atomic E-state index is 13.0. The zero-order valence-corrected chi connectivity index (χ0v) is 26.1. The molecular formula is C36H47Li2N3O6. The third-order valence-electron chi connectivity index (χ3n) is 7.31. The van der Waals surface area contributed by atoms with Crippen LogP contribution in [0.25, 0.3) is 0 Å². The van der Waals surface area contributed by atoms with Gasteiger partial charge in [0.05, 0.1) is 17.9 Å². The number of nitrogens with zero attached hydrogens (tertiary/aromatic N) is 2. The molecule has 0 bridgehead atoms. The summed E-state index contributed by atoms with van der Waals surface area (Å²) < 4.78 is 6.01. The van der Waals surface area contributed by atoms with Crippen molar-refractivity contribution in [3.8, 4) is 5.75 Å². The number of anilines is 3. The predicted molar refractivity (Wildman–Crippen MR) is 192 cm³/mol. The first-order valence-electron chi connectivity index (χ1n) is 15.9. The molecule has 11 heteroatoms. The van der Waals surface area contributed by atoms with E-state index in [-0.39, 0.29) is 49.0 Å². The molecule has 0 fully saturated rings. The number of benzene rings is 2. The summed E-state index contributed by atoms with van der Waals surface area (Å²) in [4.78, 5) is 41.6. The number of hydrogen-bond donors (Lipinski definition) is 3. The summed E-state index contributed by atoms with van der Waals surface area (Å²) in [6, 6.07) is 18.0. The van der Waals surface area contributed by atoms with Gasteiger partial charge < -0.3 is 25.2 Å². The van der Waals surface area contributed by atoms with E-state index in [1.807, 2.05) is 12.1 Å². The molecule has 1 heterocycles. The number of rotatable bonds is 21. The summed E-state index contributed by atoms with van der Waals surface area (Å²) in [6.07, 6.45) is 17.6. The zero-order valence-electron chi connectivity index (χ0n) is 26.1. The first-order chi connectivity index (χ1) is 21.9. The van der Waals surface area contributed by atoms with Crippen molar-refractivity contribution in [3.63, 3.8) is 0 Å². The van der Waals surface area contributed by atoms with E-state index < -0.39 is 17.8 Å². The molecule has 0 unspecified atom stereocenters. The van der Waals surface area contributed by atoms with Crippen LogP contribution < -0.4 is 15.0 Å². The van der Waals surface area contributed by atoms with E-state index in [2.05, 4.69) is 17.2 Å². The van der Waals surface area contributed by atoms with Gasteiger partial charge in [-0.25, -0.2) is 14.6 Å². The number of unbranched alkanes of at least 4 members (excludes halogenated alkanes) is 11. The molecule has 0 aliphatic rings. The van der Waals surface area contributed by atoms with Gasteiger partial charge in [-0.05, 0) is 48.9 Å². The molecule has 0 saturated heterocycles. The molecule has 47 heavy (non-hydrogen) atoms. The third-order valence-corrected chi connectivity index (χ3v) is 7.31. The number of aliphatic carboxylic acids is 1. The van der Waals surface area contributed by atoms with Crippen LogP contribution in [0.3, 0.4) is 0 Å². The Morgan fingerprint density at radius 3 is 2.04 bits per heavy atom. The van der Waals surface area contributed by atoms with Crippen LogP contribution in [0.5, 0.6) is 5.75 Å². The van der Waals surface area contributed by atoms with Crippen LogP contribution in [-0.2, 0) is 4.79 Å². The molecule has 1 amide bonds. The van der Waals surface area contributed by atoms with Crippen LogP contribution in [0.2, 0.25) is 0 Å². The van der Waals surface area contributed by atoms with E-state index >= 15 is 0 Å². The van der Waals surface area contributed by atoms with Crippen molar-refractivity contribution < 1.29 is 29.3 Å². The molecule has 0 radical (unpaired) electrons. The van der Waals surface area contributed by atoms with Gasteiger partial charge in [0.2, 0.25) is 0 Å². The zero-order chi connectivity index (χ0) is 32.3. The summed E-state index contributed by atoms with van der Waals surface area (Å²) in [7, 11) is 0. The molecule has 9 nitrogen and oxygen atoms in total. The van der Waals surface area contributed by atoms with Gasteiger partial charge in [0.1, 0.15) is 17.3 Å². The molecule has 3 N–H and O–H groups in total. The van der Waals surface area contributed by atoms with Gasteiger partial charge in [0, 0.05) is 24.0 Å². The van der Waals surface area contributed by atoms with Crippen LogP contribution in [0.1, 0.15) is 105 Å². The fraction of sp³-hybridized carbons (Fsp3) is 0.389. The van der Waals surface area contributed by atoms with Crippen molar-refractivity contribution in [1.29, 1.82) is 0 Å². The molecule has 0 aliphatic heterocycles. The van der Waals surface area contributed by atoms with Gasteiger partial charge in [0.25, 0.3) is 5.91 Å². The first-order valence-corrected chi connectivity index (χ1v) is 15.9. The number of aromatic nitrogens is 1. The second-order valence-corrected chi connectivity index (χ2v) is 11.0. The Kier molecular flexibility index (Phi) is 21.0. The molecule has 0 spiro atoms. The van der Waals surface area contributed by atoms with Crippen molar-refractivity contribution in [3.05, 3.63) is 90.3 Å². The van der Waals surface area contributed by atoms with Gasteiger partial charge >= 0.3 is 49.7 Å². The number of pyridine rings is 1. The Hall–Kier alpha value is -3.47. The van der Waals surface area contributed by atoms with Gasteiger partial charge in [-0.15, -0.1) is 0 Å². The Bertz CT molecular complexity index is 1420. The Balaban J connectivity index is 0.00000552. The average molecular weight is 632 g/mol. The quantitative estimate of drug-likeness (QED) is 0.0625. The number of aromatic carboxylic acids is 1. The van der Waals surface area contributed by atoms with Crippen molar-refractivity contribution in [2.45, 2.75) is 84.0 Å². The van der Waals surface area contributed by atoms with Crippen LogP contribution >= 0.6 is 0 Å². The fourth-order valence-corrected chi connectivity index (χ4v) is 4.90. The van der Waals surface area contributed by atoms with Crippen LogP contribution in [0, 0.1) is 0 Å². The molecule has 1 aromatic heterocycles. The van der Waals surface area contributed by atoms with Crippen molar-refractivity contribution in [1.82, 2.24) is 4.98 Å². The Morgan fingerprint density at radius 2 is 1.40 bits per heavy atom. The summed E-state index contributed by atoms with van der Waals surface area (Å²) in [5.41, 5.74) is 1.04. The number of carbonyl (C=O) groups is 3.